The van der Waals surface area contributed by atoms with E-state index in [1.807, 2.05) is 4.90 Å². The fourth-order valence-corrected chi connectivity index (χ4v) is 2.40. The van der Waals surface area contributed by atoms with Gasteiger partial charge in [0, 0.05) is 32.1 Å². The van der Waals surface area contributed by atoms with Crippen LogP contribution in [0.1, 0.15) is 12.8 Å². The van der Waals surface area contributed by atoms with Crippen molar-refractivity contribution in [3.63, 3.8) is 0 Å². The number of carbonyl (C=O) groups is 1. The molecular weight excluding hydrogens is 204 g/mol. The molecule has 2 rings (SSSR count). The molecule has 5 heteroatoms. The van der Waals surface area contributed by atoms with Crippen molar-refractivity contribution in [1.82, 2.24) is 9.21 Å². The summed E-state index contributed by atoms with van der Waals surface area (Å²) in [6.45, 7) is 3.66. The van der Waals surface area contributed by atoms with E-state index in [9.17, 15) is 4.79 Å². The molecule has 1 saturated carbocycles. The lowest BCUT2D eigenvalue weighted by atomic mass is 10.3. The van der Waals surface area contributed by atoms with E-state index in [2.05, 4.69) is 16.0 Å². The van der Waals surface area contributed by atoms with Crippen LogP contribution in [0.4, 0.5) is 0 Å². The topological polar surface area (TPSA) is 23.6 Å². The van der Waals surface area contributed by atoms with Crippen molar-refractivity contribution in [1.29, 1.82) is 0 Å². The maximum Gasteiger partial charge on any atom is 0.225 e. The van der Waals surface area contributed by atoms with Crippen molar-refractivity contribution in [2.24, 2.45) is 5.92 Å². The second-order valence-electron chi connectivity index (χ2n) is 3.61. The lowest BCUT2D eigenvalue weighted by Gasteiger charge is -2.32. The van der Waals surface area contributed by atoms with Crippen LogP contribution in [0.25, 0.3) is 0 Å². The number of amides is 1. The van der Waals surface area contributed by atoms with E-state index in [0.717, 1.165) is 39.0 Å². The standard InChI is InChI=1S/C8H14N2OS2/c11-8(7-1-2-7)9-3-5-10(13-12)6-4-9/h7,12H,1-6H2. The maximum absolute atomic E-state index is 11.6. The van der Waals surface area contributed by atoms with Gasteiger partial charge in [-0.05, 0) is 23.8 Å². The van der Waals surface area contributed by atoms with Crippen LogP contribution in [0.15, 0.2) is 0 Å². The lowest BCUT2D eigenvalue weighted by molar-refractivity contribution is -0.133. The average molecular weight is 218 g/mol. The van der Waals surface area contributed by atoms with Crippen LogP contribution < -0.4 is 0 Å². The van der Waals surface area contributed by atoms with Crippen LogP contribution in [-0.2, 0) is 4.79 Å². The second kappa shape index (κ2) is 4.11. The van der Waals surface area contributed by atoms with Gasteiger partial charge < -0.3 is 4.90 Å². The molecule has 1 saturated heterocycles. The summed E-state index contributed by atoms with van der Waals surface area (Å²) < 4.78 is 2.18. The Kier molecular flexibility index (Phi) is 3.06. The van der Waals surface area contributed by atoms with Gasteiger partial charge in [0.25, 0.3) is 0 Å². The first-order valence-electron chi connectivity index (χ1n) is 4.66. The number of carbonyl (C=O) groups excluding carboxylic acids is 1. The predicted molar refractivity (Wildman–Crippen MR) is 57.5 cm³/mol. The molecule has 0 aromatic rings. The van der Waals surface area contributed by atoms with Crippen LogP contribution >= 0.6 is 22.6 Å². The molecule has 2 aliphatic rings. The van der Waals surface area contributed by atoms with E-state index < -0.39 is 0 Å². The van der Waals surface area contributed by atoms with Gasteiger partial charge >= 0.3 is 0 Å². The van der Waals surface area contributed by atoms with Crippen molar-refractivity contribution in [3.8, 4) is 0 Å². The molecule has 1 aliphatic carbocycles. The van der Waals surface area contributed by atoms with Crippen LogP contribution in [-0.4, -0.2) is 41.3 Å². The van der Waals surface area contributed by atoms with Crippen LogP contribution in [0.5, 0.6) is 0 Å². The Labute approximate surface area is 87.8 Å². The van der Waals surface area contributed by atoms with Crippen LogP contribution in [0.3, 0.4) is 0 Å². The van der Waals surface area contributed by atoms with Crippen molar-refractivity contribution in [2.45, 2.75) is 12.8 Å². The first kappa shape index (κ1) is 9.68. The van der Waals surface area contributed by atoms with Gasteiger partial charge in [-0.15, -0.1) is 0 Å². The monoisotopic (exact) mass is 218 g/mol. The zero-order chi connectivity index (χ0) is 9.26. The van der Waals surface area contributed by atoms with Gasteiger partial charge in [0.2, 0.25) is 5.91 Å². The van der Waals surface area contributed by atoms with Crippen molar-refractivity contribution < 1.29 is 4.79 Å². The fourth-order valence-electron chi connectivity index (χ4n) is 1.58. The summed E-state index contributed by atoms with van der Waals surface area (Å²) in [7, 11) is 1.47. The number of rotatable bonds is 2. The Morgan fingerprint density at radius 2 is 1.85 bits per heavy atom. The van der Waals surface area contributed by atoms with E-state index in [-0.39, 0.29) is 0 Å². The van der Waals surface area contributed by atoms with Gasteiger partial charge in [-0.1, -0.05) is 11.7 Å². The van der Waals surface area contributed by atoms with Gasteiger partial charge in [0.05, 0.1) is 0 Å². The molecule has 13 heavy (non-hydrogen) atoms. The number of thiol groups is 1. The summed E-state index contributed by atoms with van der Waals surface area (Å²) >= 11 is 4.14. The third-order valence-electron chi connectivity index (χ3n) is 2.59. The highest BCUT2D eigenvalue weighted by atomic mass is 33.1. The van der Waals surface area contributed by atoms with Crippen LogP contribution in [0, 0.1) is 5.92 Å². The SMILES string of the molecule is O=C(C1CC1)N1CCN(SS)CC1. The molecule has 0 radical (unpaired) electrons. The molecule has 1 heterocycles. The van der Waals surface area contributed by atoms with E-state index in [0.29, 0.717) is 11.8 Å². The normalized spacial score (nSPS) is 24.8. The largest absolute Gasteiger partial charge is 0.340 e. The highest BCUT2D eigenvalue weighted by Gasteiger charge is 2.34. The number of nitrogens with zero attached hydrogens (tertiary/aromatic N) is 2. The molecule has 3 nitrogen and oxygen atoms in total. The minimum absolute atomic E-state index is 0.371. The third-order valence-corrected chi connectivity index (χ3v) is 3.88. The summed E-state index contributed by atoms with van der Waals surface area (Å²) in [6, 6.07) is 0. The summed E-state index contributed by atoms with van der Waals surface area (Å²) in [6.07, 6.45) is 2.22. The molecule has 0 aromatic heterocycles. The van der Waals surface area contributed by atoms with Gasteiger partial charge in [0.1, 0.15) is 0 Å². The maximum atomic E-state index is 11.6. The molecule has 1 amide bonds. The van der Waals surface area contributed by atoms with Crippen molar-refractivity contribution >= 4 is 28.5 Å². The fraction of sp³-hybridized carbons (Fsp3) is 0.875. The van der Waals surface area contributed by atoms with Crippen molar-refractivity contribution in [2.75, 3.05) is 26.2 Å². The van der Waals surface area contributed by atoms with E-state index >= 15 is 0 Å². The van der Waals surface area contributed by atoms with Crippen LogP contribution in [0.2, 0.25) is 0 Å². The van der Waals surface area contributed by atoms with E-state index in [1.54, 1.807) is 0 Å². The number of hydrogen-bond donors (Lipinski definition) is 1. The van der Waals surface area contributed by atoms with E-state index in [4.69, 9.17) is 0 Å². The first-order valence-corrected chi connectivity index (χ1v) is 6.49. The van der Waals surface area contributed by atoms with Gasteiger partial charge in [-0.2, -0.15) is 0 Å². The average Bonchev–Trinajstić information content (AvgIpc) is 3.00. The summed E-state index contributed by atoms with van der Waals surface area (Å²) in [5.74, 6) is 0.749. The predicted octanol–water partition coefficient (Wildman–Crippen LogP) is 1.03. The highest BCUT2D eigenvalue weighted by Crippen LogP contribution is 2.31. The lowest BCUT2D eigenvalue weighted by Crippen LogP contribution is -2.46. The van der Waals surface area contributed by atoms with Crippen molar-refractivity contribution in [3.05, 3.63) is 0 Å². The Morgan fingerprint density at radius 3 is 2.31 bits per heavy atom. The van der Waals surface area contributed by atoms with Gasteiger partial charge in [-0.3, -0.25) is 4.79 Å². The first-order chi connectivity index (χ1) is 6.31. The molecule has 0 unspecified atom stereocenters. The third kappa shape index (κ3) is 2.33. The number of hydrogen-bond acceptors (Lipinski definition) is 4. The Balaban J connectivity index is 1.79. The molecule has 0 bridgehead atoms. The zero-order valence-corrected chi connectivity index (χ0v) is 9.19. The Morgan fingerprint density at radius 1 is 1.23 bits per heavy atom. The summed E-state index contributed by atoms with van der Waals surface area (Å²) in [5.41, 5.74) is 0. The Bertz CT molecular complexity index is 200. The molecule has 1 aliphatic heterocycles. The quantitative estimate of drug-likeness (QED) is 0.425. The van der Waals surface area contributed by atoms with E-state index in [1.165, 1.54) is 11.0 Å². The molecule has 0 N–H and O–H groups in total. The number of piperazine rings is 1. The minimum atomic E-state index is 0.371. The highest BCUT2D eigenvalue weighted by molar-refractivity contribution is 8.67. The second-order valence-corrected chi connectivity index (χ2v) is 4.78. The summed E-state index contributed by atoms with van der Waals surface area (Å²) in [4.78, 5) is 13.6. The molecule has 74 valence electrons. The molecule has 0 aromatic carbocycles. The minimum Gasteiger partial charge on any atom is -0.340 e. The smallest absolute Gasteiger partial charge is 0.225 e. The molecular formula is C8H14N2OS2. The zero-order valence-electron chi connectivity index (χ0n) is 7.48. The molecule has 2 fully saturated rings. The molecule has 0 spiro atoms. The van der Waals surface area contributed by atoms with Gasteiger partial charge in [-0.25, -0.2) is 4.31 Å². The summed E-state index contributed by atoms with van der Waals surface area (Å²) in [5, 5.41) is 0. The Hall–Kier alpha value is 0.130. The van der Waals surface area contributed by atoms with Gasteiger partial charge in [0.15, 0.2) is 0 Å². The molecule has 0 atom stereocenters.